The van der Waals surface area contributed by atoms with Gasteiger partial charge in [-0.05, 0) is 121 Å². The molecule has 12 aromatic carbocycles. The van der Waals surface area contributed by atoms with E-state index in [4.69, 9.17) is 0 Å². The zero-order chi connectivity index (χ0) is 73.5. The zero-order valence-corrected chi connectivity index (χ0v) is 72.6. The first-order valence-corrected chi connectivity index (χ1v) is 36.2. The van der Waals surface area contributed by atoms with Crippen molar-refractivity contribution in [3.63, 3.8) is 0 Å². The van der Waals surface area contributed by atoms with Gasteiger partial charge < -0.3 is 18.3 Å². The predicted molar refractivity (Wildman–Crippen MR) is 430 cm³/mol. The van der Waals surface area contributed by atoms with E-state index in [1.54, 1.807) is 0 Å². The van der Waals surface area contributed by atoms with Crippen molar-refractivity contribution in [2.45, 2.75) is 93.9 Å². The third kappa shape index (κ3) is 18.6. The SMILES string of the molecule is CC(C)c1ccccc1-c1nnc(-c2[c-]cccc2)n1-c1ccccc1.CCc1ccccc1-c1nnc(-c2[c-]cccc2)n1-c1c(C)cccc1C.CCc1ccccc1-c1nnc(-c2[c-]cccc2)n1-c1ccccc1.Cc1cccc(C)c1-n1c(-c2[c-]cccc2)nnc1-c1ccccc1C(C)C.[Ir].[Ir].[Ir].[Ir]. The first-order chi connectivity index (χ1) is 51.9. The summed E-state index contributed by atoms with van der Waals surface area (Å²) in [4.78, 5) is 0. The van der Waals surface area contributed by atoms with E-state index < -0.39 is 0 Å². The van der Waals surface area contributed by atoms with Gasteiger partial charge in [0.2, 0.25) is 0 Å². The molecule has 16 heteroatoms. The van der Waals surface area contributed by atoms with Gasteiger partial charge in [-0.3, -0.25) is 0 Å². The van der Waals surface area contributed by atoms with Crippen molar-refractivity contribution in [3.8, 4) is 114 Å². The van der Waals surface area contributed by atoms with Crippen LogP contribution in [0.1, 0.15) is 97.9 Å². The van der Waals surface area contributed by atoms with Gasteiger partial charge in [-0.25, -0.2) is 0 Å². The van der Waals surface area contributed by atoms with Crippen molar-refractivity contribution in [3.05, 3.63) is 360 Å². The first kappa shape index (κ1) is 83.8. The van der Waals surface area contributed by atoms with Gasteiger partial charge in [-0.15, -0.1) is 164 Å². The van der Waals surface area contributed by atoms with Crippen molar-refractivity contribution in [2.75, 3.05) is 0 Å². The maximum absolute atomic E-state index is 4.66. The van der Waals surface area contributed by atoms with Gasteiger partial charge in [0.25, 0.3) is 0 Å². The summed E-state index contributed by atoms with van der Waals surface area (Å²) in [6, 6.07) is 112. The predicted octanol–water partition coefficient (Wildman–Crippen LogP) is 22.2. The third-order valence-corrected chi connectivity index (χ3v) is 18.7. The standard InChI is InChI=1S/C25H24N3.C24H22N3.C23H20N3.C22H18N3.4Ir/c1-17(2)21-15-8-9-16-22(21)25-27-26-24(20-13-6-5-7-14-20)28(25)23-18(3)11-10-12-19(23)4;1-4-19-13-8-9-16-21(19)24-26-25-23(20-14-6-5-7-15-20)27(24)22-17(2)11-10-12-18(22)3;1-17(2)20-15-9-10-16-21(20)23-25-24-22(18-11-5-3-6-12-18)26(23)19-13-7-4-8-14-19;1-2-17-11-9-10-16-20(17)22-24-23-21(18-12-5-3-6-13-18)25(22)19-14-7-4-8-15-19;;;;/h5-13,15-17H,1-4H3;5-14,16H,4H2,1-3H3;3-11,13-17H,1-2H3;3-12,14-16H,2H2,1H3;;;;/q4*-1;;;;. The maximum Gasteiger partial charge on any atom is 0.159 e. The fraction of sp³-hybridized carbons (Fsp3) is 0.149. The average molecular weight is 2150 g/mol. The number of hydrogen-bond donors (Lipinski definition) is 0. The van der Waals surface area contributed by atoms with Gasteiger partial charge >= 0.3 is 0 Å². The van der Waals surface area contributed by atoms with E-state index in [1.807, 2.05) is 140 Å². The summed E-state index contributed by atoms with van der Waals surface area (Å²) in [7, 11) is 0. The van der Waals surface area contributed by atoms with Crippen LogP contribution in [0, 0.1) is 52.0 Å². The van der Waals surface area contributed by atoms with Crippen molar-refractivity contribution >= 4 is 0 Å². The van der Waals surface area contributed by atoms with Crippen LogP contribution in [0.5, 0.6) is 0 Å². The summed E-state index contributed by atoms with van der Waals surface area (Å²) in [5.41, 5.74) is 22.4. The van der Waals surface area contributed by atoms with E-state index in [-0.39, 0.29) is 80.4 Å². The number of hydrogen-bond acceptors (Lipinski definition) is 8. The molecule has 0 aliphatic carbocycles. The van der Waals surface area contributed by atoms with E-state index in [9.17, 15) is 0 Å². The Kier molecular flexibility index (Phi) is 30.4. The van der Waals surface area contributed by atoms with Crippen LogP contribution in [0.2, 0.25) is 0 Å². The molecule has 12 nitrogen and oxygen atoms in total. The van der Waals surface area contributed by atoms with Gasteiger partial charge in [0.05, 0.1) is 23.3 Å². The maximum atomic E-state index is 4.66. The molecule has 0 bridgehead atoms. The third-order valence-electron chi connectivity index (χ3n) is 18.7. The number of nitrogens with zero attached hydrogens (tertiary/aromatic N) is 12. The molecule has 0 aliphatic rings. The number of benzene rings is 12. The van der Waals surface area contributed by atoms with Crippen LogP contribution in [0.4, 0.5) is 0 Å². The van der Waals surface area contributed by atoms with Crippen LogP contribution in [0.3, 0.4) is 0 Å². The molecule has 0 amide bonds. The molecule has 0 saturated heterocycles. The zero-order valence-electron chi connectivity index (χ0n) is 63.0. The summed E-state index contributed by atoms with van der Waals surface area (Å²) in [6.45, 7) is 21.7. The molecule has 0 aliphatic heterocycles. The minimum Gasteiger partial charge on any atom is -0.316 e. The van der Waals surface area contributed by atoms with Gasteiger partial charge in [-0.1, -0.05) is 211 Å². The molecule has 16 aromatic rings. The Morgan fingerprint density at radius 1 is 0.255 bits per heavy atom. The van der Waals surface area contributed by atoms with Crippen LogP contribution >= 0.6 is 0 Å². The number of para-hydroxylation sites is 4. The molecule has 0 fully saturated rings. The average Bonchev–Trinajstić information content (AvgIpc) is 1.58. The molecule has 0 saturated carbocycles. The van der Waals surface area contributed by atoms with E-state index >= 15 is 0 Å². The summed E-state index contributed by atoms with van der Waals surface area (Å²) in [5.74, 6) is 7.47. The van der Waals surface area contributed by atoms with Gasteiger partial charge in [0, 0.05) is 125 Å². The molecule has 0 N–H and O–H groups in total. The Hall–Kier alpha value is -10.2. The molecule has 4 heterocycles. The summed E-state index contributed by atoms with van der Waals surface area (Å²) in [5, 5.41) is 36.6. The van der Waals surface area contributed by atoms with Crippen molar-refractivity contribution in [2.24, 2.45) is 0 Å². The normalized spacial score (nSPS) is 10.6. The van der Waals surface area contributed by atoms with Gasteiger partial charge in [0.15, 0.2) is 23.3 Å². The number of aryl methyl sites for hydroxylation is 6. The molecule has 0 atom stereocenters. The van der Waals surface area contributed by atoms with E-state index in [0.717, 1.165) is 127 Å². The molecule has 0 spiro atoms. The summed E-state index contributed by atoms with van der Waals surface area (Å²) in [6.07, 6.45) is 1.90. The molecule has 110 heavy (non-hydrogen) atoms. The van der Waals surface area contributed by atoms with Crippen LogP contribution in [0.15, 0.2) is 291 Å². The van der Waals surface area contributed by atoms with Crippen LogP contribution in [0.25, 0.3) is 114 Å². The Balaban J connectivity index is 0.000000167. The van der Waals surface area contributed by atoms with Crippen molar-refractivity contribution < 1.29 is 80.4 Å². The Bertz CT molecular complexity index is 5530. The number of aromatic nitrogens is 12. The Morgan fingerprint density at radius 3 is 0.800 bits per heavy atom. The first-order valence-electron chi connectivity index (χ1n) is 36.2. The Morgan fingerprint density at radius 2 is 0.500 bits per heavy atom. The topological polar surface area (TPSA) is 123 Å². The van der Waals surface area contributed by atoms with Crippen LogP contribution in [-0.2, 0) is 93.3 Å². The van der Waals surface area contributed by atoms with E-state index in [2.05, 4.69) is 304 Å². The van der Waals surface area contributed by atoms with Crippen LogP contribution in [-0.4, -0.2) is 59.1 Å². The molecule has 0 unspecified atom stereocenters. The second-order valence-electron chi connectivity index (χ2n) is 26.5. The van der Waals surface area contributed by atoms with Crippen LogP contribution < -0.4 is 0 Å². The molecule has 4 radical (unpaired) electrons. The second-order valence-corrected chi connectivity index (χ2v) is 26.5. The van der Waals surface area contributed by atoms with Crippen molar-refractivity contribution in [1.29, 1.82) is 0 Å². The molecular weight excluding hydrogens is 2070 g/mol. The molecular formula is C94H84Ir4N12-4. The smallest absolute Gasteiger partial charge is 0.159 e. The van der Waals surface area contributed by atoms with Gasteiger partial charge in [0.1, 0.15) is 0 Å². The van der Waals surface area contributed by atoms with Crippen molar-refractivity contribution in [1.82, 2.24) is 59.1 Å². The minimum atomic E-state index is 0. The second kappa shape index (κ2) is 39.9. The van der Waals surface area contributed by atoms with E-state index in [0.29, 0.717) is 11.8 Å². The quantitative estimate of drug-likeness (QED) is 0.0877. The molecule has 4 aromatic heterocycles. The number of rotatable bonds is 16. The largest absolute Gasteiger partial charge is 0.316 e. The van der Waals surface area contributed by atoms with E-state index in [1.165, 1.54) is 44.5 Å². The monoisotopic (exact) mass is 2150 g/mol. The minimum absolute atomic E-state index is 0. The molecule has 560 valence electrons. The summed E-state index contributed by atoms with van der Waals surface area (Å²) < 4.78 is 8.61. The summed E-state index contributed by atoms with van der Waals surface area (Å²) >= 11 is 0. The fourth-order valence-corrected chi connectivity index (χ4v) is 13.5. The van der Waals surface area contributed by atoms with Gasteiger partial charge in [-0.2, -0.15) is 20.4 Å². The molecule has 16 rings (SSSR count). The Labute approximate surface area is 701 Å². The fourth-order valence-electron chi connectivity index (χ4n) is 13.5.